The summed E-state index contributed by atoms with van der Waals surface area (Å²) in [5, 5.41) is 16.3. The van der Waals surface area contributed by atoms with Gasteiger partial charge in [-0.05, 0) is 44.2 Å². The van der Waals surface area contributed by atoms with Gasteiger partial charge in [-0.15, -0.1) is 0 Å². The Morgan fingerprint density at radius 1 is 1.21 bits per heavy atom. The highest BCUT2D eigenvalue weighted by Gasteiger charge is 2.36. The number of amides is 2. The molecule has 13 heteroatoms. The average molecular weight is 482 g/mol. The summed E-state index contributed by atoms with van der Waals surface area (Å²) in [6.07, 6.45) is -3.50. The van der Waals surface area contributed by atoms with Crippen LogP contribution < -0.4 is 15.4 Å². The summed E-state index contributed by atoms with van der Waals surface area (Å²) in [6, 6.07) is 6.51. The van der Waals surface area contributed by atoms with E-state index in [1.165, 1.54) is 17.0 Å². The fourth-order valence-corrected chi connectivity index (χ4v) is 4.09. The van der Waals surface area contributed by atoms with E-state index in [1.54, 1.807) is 24.8 Å². The molecule has 0 unspecified atom stereocenters. The van der Waals surface area contributed by atoms with E-state index in [1.807, 2.05) is 0 Å². The van der Waals surface area contributed by atoms with Crippen LogP contribution in [0.5, 0.6) is 0 Å². The lowest BCUT2D eigenvalue weighted by Crippen LogP contribution is -2.59. The molecule has 9 nitrogen and oxygen atoms in total. The zero-order chi connectivity index (χ0) is 24.6. The maximum Gasteiger partial charge on any atom is 0.417 e. The number of carbonyl (C=O) groups excluding carboxylic acids is 1. The molecule has 0 spiro atoms. The van der Waals surface area contributed by atoms with Gasteiger partial charge in [0.05, 0.1) is 29.1 Å². The molecule has 176 valence electrons. The number of nitrogens with two attached hydrogens (primary N) is 1. The van der Waals surface area contributed by atoms with E-state index in [-0.39, 0.29) is 35.9 Å². The number of nitrogens with one attached hydrogen (secondary N) is 1. The third-order valence-electron chi connectivity index (χ3n) is 5.29. The number of sulfonamides is 1. The van der Waals surface area contributed by atoms with Gasteiger partial charge in [-0.1, -0.05) is 0 Å². The summed E-state index contributed by atoms with van der Waals surface area (Å²) in [6.45, 7) is 4.02. The molecule has 0 bridgehead atoms. The number of piperazine rings is 1. The average Bonchev–Trinajstić information content (AvgIpc) is 2.73. The summed E-state index contributed by atoms with van der Waals surface area (Å²) in [5.74, 6) is 0. The van der Waals surface area contributed by atoms with Crippen LogP contribution in [0.3, 0.4) is 0 Å². The molecule has 2 heterocycles. The number of alkyl halides is 3. The third kappa shape index (κ3) is 5.35. The van der Waals surface area contributed by atoms with Crippen LogP contribution in [-0.2, 0) is 16.2 Å². The molecule has 3 rings (SSSR count). The fraction of sp³-hybridized carbons (Fsp3) is 0.350. The quantitative estimate of drug-likeness (QED) is 0.691. The van der Waals surface area contributed by atoms with Gasteiger partial charge in [0.25, 0.3) is 10.0 Å². The van der Waals surface area contributed by atoms with Gasteiger partial charge < -0.3 is 15.1 Å². The number of hydrogen-bond acceptors (Lipinski definition) is 6. The van der Waals surface area contributed by atoms with Crippen LogP contribution in [0.15, 0.2) is 41.6 Å². The second-order valence-electron chi connectivity index (χ2n) is 7.70. The minimum absolute atomic E-state index is 0.219. The van der Waals surface area contributed by atoms with Gasteiger partial charge in [0.2, 0.25) is 0 Å². The maximum atomic E-state index is 13.3. The van der Waals surface area contributed by atoms with E-state index in [4.69, 9.17) is 10.4 Å². The van der Waals surface area contributed by atoms with Crippen LogP contribution in [0.2, 0.25) is 0 Å². The molecule has 3 N–H and O–H groups in total. The van der Waals surface area contributed by atoms with Gasteiger partial charge in [0, 0.05) is 30.9 Å². The number of nitrogens with zero attached hydrogens (tertiary/aromatic N) is 4. The number of halogens is 3. The Hall–Kier alpha value is -3.37. The minimum atomic E-state index is -4.66. The largest absolute Gasteiger partial charge is 0.417 e. The Morgan fingerprint density at radius 2 is 1.91 bits per heavy atom. The number of pyridine rings is 1. The number of urea groups is 1. The van der Waals surface area contributed by atoms with Gasteiger partial charge in [0.15, 0.2) is 5.03 Å². The highest BCUT2D eigenvalue weighted by Crippen LogP contribution is 2.35. The van der Waals surface area contributed by atoms with E-state index >= 15 is 0 Å². The third-order valence-corrected chi connectivity index (χ3v) is 6.11. The van der Waals surface area contributed by atoms with Crippen molar-refractivity contribution < 1.29 is 26.4 Å². The summed E-state index contributed by atoms with van der Waals surface area (Å²) in [4.78, 5) is 19.8. The first-order valence-corrected chi connectivity index (χ1v) is 11.3. The predicted molar refractivity (Wildman–Crippen MR) is 114 cm³/mol. The van der Waals surface area contributed by atoms with Crippen LogP contribution in [0.1, 0.15) is 25.0 Å². The lowest BCUT2D eigenvalue weighted by atomic mass is 10.0. The van der Waals surface area contributed by atoms with Gasteiger partial charge >= 0.3 is 12.2 Å². The molecule has 1 saturated heterocycles. The smallest absolute Gasteiger partial charge is 0.365 e. The first kappa shape index (κ1) is 24.3. The first-order valence-electron chi connectivity index (χ1n) is 9.75. The van der Waals surface area contributed by atoms with Gasteiger partial charge in [-0.25, -0.2) is 23.3 Å². The Balaban J connectivity index is 1.75. The molecule has 0 saturated carbocycles. The molecule has 2 atom stereocenters. The van der Waals surface area contributed by atoms with E-state index < -0.39 is 33.4 Å². The van der Waals surface area contributed by atoms with Crippen LogP contribution >= 0.6 is 0 Å². The van der Waals surface area contributed by atoms with E-state index in [2.05, 4.69) is 10.3 Å². The molecule has 1 fully saturated rings. The van der Waals surface area contributed by atoms with Crippen molar-refractivity contribution in [3.05, 3.63) is 47.7 Å². The molecule has 1 aliphatic heterocycles. The van der Waals surface area contributed by atoms with Crippen molar-refractivity contribution in [2.75, 3.05) is 23.3 Å². The molecule has 1 aliphatic rings. The van der Waals surface area contributed by atoms with Crippen LogP contribution in [0, 0.1) is 11.3 Å². The van der Waals surface area contributed by atoms with Crippen molar-refractivity contribution in [3.63, 3.8) is 0 Å². The van der Waals surface area contributed by atoms with E-state index in [9.17, 15) is 26.4 Å². The van der Waals surface area contributed by atoms with Crippen LogP contribution in [0.4, 0.5) is 29.3 Å². The molecule has 0 aliphatic carbocycles. The highest BCUT2D eigenvalue weighted by atomic mass is 32.2. The van der Waals surface area contributed by atoms with Crippen molar-refractivity contribution in [3.8, 4) is 6.07 Å². The molecule has 2 aromatic rings. The van der Waals surface area contributed by atoms with Crippen molar-refractivity contribution in [2.45, 2.75) is 37.1 Å². The number of rotatable bonds is 3. The molecule has 1 aromatic heterocycles. The monoisotopic (exact) mass is 482 g/mol. The van der Waals surface area contributed by atoms with Crippen molar-refractivity contribution in [2.24, 2.45) is 5.14 Å². The lowest BCUT2D eigenvalue weighted by Gasteiger charge is -2.45. The Kier molecular flexibility index (Phi) is 6.53. The van der Waals surface area contributed by atoms with Crippen LogP contribution in [-0.4, -0.2) is 49.5 Å². The number of hydrogen-bond donors (Lipinski definition) is 2. The molecular formula is C20H21F3N6O3S. The normalized spacial score (nSPS) is 19.2. The predicted octanol–water partition coefficient (Wildman–Crippen LogP) is 2.75. The Bertz CT molecular complexity index is 1200. The maximum absolute atomic E-state index is 13.3. The van der Waals surface area contributed by atoms with Crippen molar-refractivity contribution in [1.29, 1.82) is 5.26 Å². The van der Waals surface area contributed by atoms with Gasteiger partial charge in [-0.3, -0.25) is 0 Å². The minimum Gasteiger partial charge on any atom is -0.365 e. The standard InChI is InChI=1S/C20H21F3N6O3S/c1-12-11-29(19(30)27-15-4-6-18(26-9-15)33(25,31)32)13(2)10-28(12)16-5-3-14(8-24)17(7-16)20(21,22)23/h3-7,9,12-13H,10-11H2,1-2H3,(H,27,30)(H2,25,31,32)/t12-,13+/m1/s1. The first-order chi connectivity index (χ1) is 15.3. The summed E-state index contributed by atoms with van der Waals surface area (Å²) < 4.78 is 62.6. The van der Waals surface area contributed by atoms with E-state index in [0.717, 1.165) is 24.4 Å². The summed E-state index contributed by atoms with van der Waals surface area (Å²) in [7, 11) is -3.96. The number of anilines is 2. The fourth-order valence-electron chi connectivity index (χ4n) is 3.63. The number of primary sulfonamides is 1. The molecule has 1 aromatic carbocycles. The number of aromatic nitrogens is 1. The number of benzene rings is 1. The summed E-state index contributed by atoms with van der Waals surface area (Å²) >= 11 is 0. The number of nitriles is 1. The highest BCUT2D eigenvalue weighted by molar-refractivity contribution is 7.89. The lowest BCUT2D eigenvalue weighted by molar-refractivity contribution is -0.137. The summed E-state index contributed by atoms with van der Waals surface area (Å²) in [5.41, 5.74) is -0.884. The van der Waals surface area contributed by atoms with Crippen molar-refractivity contribution in [1.82, 2.24) is 9.88 Å². The van der Waals surface area contributed by atoms with Gasteiger partial charge in [-0.2, -0.15) is 18.4 Å². The second kappa shape index (κ2) is 8.87. The zero-order valence-electron chi connectivity index (χ0n) is 17.7. The van der Waals surface area contributed by atoms with Gasteiger partial charge in [0.1, 0.15) is 0 Å². The topological polar surface area (TPSA) is 132 Å². The molecule has 0 radical (unpaired) electrons. The van der Waals surface area contributed by atoms with Crippen molar-refractivity contribution >= 4 is 27.4 Å². The SMILES string of the molecule is C[C@@H]1CN(C(=O)Nc2ccc(S(N)(=O)=O)nc2)[C@@H](C)CN1c1ccc(C#N)c(C(F)(F)F)c1. The number of carbonyl (C=O) groups is 1. The Morgan fingerprint density at radius 3 is 2.45 bits per heavy atom. The molecule has 33 heavy (non-hydrogen) atoms. The second-order valence-corrected chi connectivity index (χ2v) is 9.21. The molecule has 2 amide bonds. The Labute approximate surface area is 188 Å². The zero-order valence-corrected chi connectivity index (χ0v) is 18.5. The molecular weight excluding hydrogens is 461 g/mol. The van der Waals surface area contributed by atoms with Crippen LogP contribution in [0.25, 0.3) is 0 Å². The van der Waals surface area contributed by atoms with E-state index in [0.29, 0.717) is 5.69 Å².